The normalized spacial score (nSPS) is 11.5. The molecule has 3 rings (SSSR count). The highest BCUT2D eigenvalue weighted by atomic mass is 19.4. The summed E-state index contributed by atoms with van der Waals surface area (Å²) < 4.78 is 50.9. The van der Waals surface area contributed by atoms with Crippen molar-refractivity contribution < 1.29 is 17.6 Å². The monoisotopic (exact) mass is 336 g/mol. The summed E-state index contributed by atoms with van der Waals surface area (Å²) in [5, 5.41) is 9.68. The molecule has 0 saturated heterocycles. The van der Waals surface area contributed by atoms with Gasteiger partial charge in [-0.05, 0) is 17.7 Å². The quantitative estimate of drug-likeness (QED) is 0.701. The van der Waals surface area contributed by atoms with E-state index in [9.17, 15) is 17.6 Å². The number of hydrogen-bond acceptors (Lipinski definition) is 3. The average Bonchev–Trinajstić information content (AvgIpc) is 3.01. The second-order valence-corrected chi connectivity index (χ2v) is 5.09. The predicted molar refractivity (Wildman–Crippen MR) is 80.5 cm³/mol. The number of nitrogens with one attached hydrogen (secondary N) is 2. The molecule has 2 heterocycles. The van der Waals surface area contributed by atoms with E-state index in [4.69, 9.17) is 0 Å². The number of aromatic nitrogens is 3. The Bertz CT molecular complexity index is 825. The van der Waals surface area contributed by atoms with Crippen LogP contribution < -0.4 is 5.32 Å². The van der Waals surface area contributed by atoms with Crippen molar-refractivity contribution >= 4 is 5.69 Å². The topological polar surface area (TPSA) is 53.6 Å². The summed E-state index contributed by atoms with van der Waals surface area (Å²) in [7, 11) is 0. The van der Waals surface area contributed by atoms with Crippen molar-refractivity contribution in [2.24, 2.45) is 0 Å². The van der Waals surface area contributed by atoms with Crippen LogP contribution in [0.2, 0.25) is 0 Å². The number of pyridine rings is 1. The van der Waals surface area contributed by atoms with Crippen molar-refractivity contribution in [2.75, 3.05) is 5.32 Å². The lowest BCUT2D eigenvalue weighted by atomic mass is 10.1. The van der Waals surface area contributed by atoms with Gasteiger partial charge in [-0.25, -0.2) is 4.39 Å². The molecule has 0 atom stereocenters. The first kappa shape index (κ1) is 16.0. The molecule has 2 N–H and O–H groups in total. The molecule has 0 spiro atoms. The van der Waals surface area contributed by atoms with Crippen molar-refractivity contribution in [1.29, 1.82) is 0 Å². The summed E-state index contributed by atoms with van der Waals surface area (Å²) in [6.45, 7) is 0.317. The van der Waals surface area contributed by atoms with Gasteiger partial charge in [-0.15, -0.1) is 0 Å². The zero-order valence-corrected chi connectivity index (χ0v) is 12.2. The predicted octanol–water partition coefficient (Wildman–Crippen LogP) is 4.24. The van der Waals surface area contributed by atoms with Gasteiger partial charge < -0.3 is 5.32 Å². The van der Waals surface area contributed by atoms with Gasteiger partial charge in [0.25, 0.3) is 0 Å². The minimum Gasteiger partial charge on any atom is -0.379 e. The molecule has 3 aromatic rings. The first-order chi connectivity index (χ1) is 11.4. The van der Waals surface area contributed by atoms with E-state index in [-0.39, 0.29) is 0 Å². The number of aromatic amines is 1. The smallest absolute Gasteiger partial charge is 0.379 e. The molecule has 0 bridgehead atoms. The van der Waals surface area contributed by atoms with E-state index in [0.29, 0.717) is 23.5 Å². The Balaban J connectivity index is 1.78. The van der Waals surface area contributed by atoms with Crippen molar-refractivity contribution in [3.63, 3.8) is 0 Å². The fourth-order valence-corrected chi connectivity index (χ4v) is 2.23. The number of benzene rings is 1. The third-order valence-corrected chi connectivity index (χ3v) is 3.41. The maximum atomic E-state index is 13.1. The van der Waals surface area contributed by atoms with Crippen LogP contribution in [0.5, 0.6) is 0 Å². The molecule has 0 unspecified atom stereocenters. The maximum absolute atomic E-state index is 13.1. The lowest BCUT2D eigenvalue weighted by Crippen LogP contribution is -2.04. The SMILES string of the molecule is Fc1cncc(NCc2cn[nH]c2-c2ccc(C(F)(F)F)cc2)c1. The van der Waals surface area contributed by atoms with Crippen LogP contribution in [0.1, 0.15) is 11.1 Å². The highest BCUT2D eigenvalue weighted by molar-refractivity contribution is 5.63. The number of alkyl halides is 3. The molecule has 24 heavy (non-hydrogen) atoms. The highest BCUT2D eigenvalue weighted by Gasteiger charge is 2.30. The third kappa shape index (κ3) is 3.53. The van der Waals surface area contributed by atoms with Crippen LogP contribution in [0, 0.1) is 5.82 Å². The molecular formula is C16H12F4N4. The summed E-state index contributed by atoms with van der Waals surface area (Å²) in [6.07, 6.45) is -0.244. The van der Waals surface area contributed by atoms with Gasteiger partial charge in [-0.1, -0.05) is 12.1 Å². The van der Waals surface area contributed by atoms with E-state index < -0.39 is 17.6 Å². The second-order valence-electron chi connectivity index (χ2n) is 5.09. The van der Waals surface area contributed by atoms with E-state index in [1.807, 2.05) is 0 Å². The van der Waals surface area contributed by atoms with Crippen LogP contribution in [0.25, 0.3) is 11.3 Å². The van der Waals surface area contributed by atoms with E-state index in [1.54, 1.807) is 6.20 Å². The number of halogens is 4. The maximum Gasteiger partial charge on any atom is 0.416 e. The molecular weight excluding hydrogens is 324 g/mol. The molecule has 0 aliphatic heterocycles. The summed E-state index contributed by atoms with van der Waals surface area (Å²) in [6, 6.07) is 6.09. The standard InChI is InChI=1S/C16H12F4N4/c17-13-5-14(9-21-8-13)22-6-11-7-23-24-15(11)10-1-3-12(4-2-10)16(18,19)20/h1-5,7-9,22H,6H2,(H,23,24). The van der Waals surface area contributed by atoms with Gasteiger partial charge in [0.1, 0.15) is 5.82 Å². The number of H-pyrrole nitrogens is 1. The number of nitrogens with zero attached hydrogens (tertiary/aromatic N) is 2. The van der Waals surface area contributed by atoms with Crippen LogP contribution in [0.3, 0.4) is 0 Å². The fraction of sp³-hybridized carbons (Fsp3) is 0.125. The summed E-state index contributed by atoms with van der Waals surface area (Å²) in [4.78, 5) is 3.73. The first-order valence-corrected chi connectivity index (χ1v) is 6.98. The number of hydrogen-bond donors (Lipinski definition) is 2. The molecule has 0 fully saturated rings. The van der Waals surface area contributed by atoms with Crippen LogP contribution in [0.15, 0.2) is 48.9 Å². The lowest BCUT2D eigenvalue weighted by molar-refractivity contribution is -0.137. The highest BCUT2D eigenvalue weighted by Crippen LogP contribution is 2.31. The summed E-state index contributed by atoms with van der Waals surface area (Å²) >= 11 is 0. The molecule has 8 heteroatoms. The largest absolute Gasteiger partial charge is 0.416 e. The molecule has 1 aromatic carbocycles. The fourth-order valence-electron chi connectivity index (χ4n) is 2.23. The van der Waals surface area contributed by atoms with Gasteiger partial charge in [-0.3, -0.25) is 10.1 Å². The zero-order valence-electron chi connectivity index (χ0n) is 12.2. The van der Waals surface area contributed by atoms with Crippen LogP contribution in [0.4, 0.5) is 23.2 Å². The van der Waals surface area contributed by atoms with Crippen LogP contribution >= 0.6 is 0 Å². The van der Waals surface area contributed by atoms with Gasteiger partial charge in [0, 0.05) is 18.2 Å². The molecule has 2 aromatic heterocycles. The van der Waals surface area contributed by atoms with Crippen LogP contribution in [-0.2, 0) is 12.7 Å². The minimum atomic E-state index is -4.37. The average molecular weight is 336 g/mol. The van der Waals surface area contributed by atoms with Gasteiger partial charge in [0.05, 0.1) is 35.5 Å². The Hall–Kier alpha value is -2.90. The Morgan fingerprint density at radius 1 is 1.04 bits per heavy atom. The molecule has 0 saturated carbocycles. The molecule has 124 valence electrons. The van der Waals surface area contributed by atoms with E-state index >= 15 is 0 Å². The Kier molecular flexibility index (Phi) is 4.20. The van der Waals surface area contributed by atoms with Gasteiger partial charge in [-0.2, -0.15) is 18.3 Å². The zero-order chi connectivity index (χ0) is 17.2. The number of anilines is 1. The Labute approximate surface area is 134 Å². The van der Waals surface area contributed by atoms with Crippen LogP contribution in [-0.4, -0.2) is 15.2 Å². The lowest BCUT2D eigenvalue weighted by Gasteiger charge is -2.09. The third-order valence-electron chi connectivity index (χ3n) is 3.41. The Morgan fingerprint density at radius 3 is 2.46 bits per heavy atom. The number of rotatable bonds is 4. The summed E-state index contributed by atoms with van der Waals surface area (Å²) in [5.74, 6) is -0.463. The van der Waals surface area contributed by atoms with Gasteiger partial charge in [0.15, 0.2) is 0 Å². The van der Waals surface area contributed by atoms with Gasteiger partial charge in [0.2, 0.25) is 0 Å². The Morgan fingerprint density at radius 2 is 1.79 bits per heavy atom. The van der Waals surface area contributed by atoms with E-state index in [2.05, 4.69) is 20.5 Å². The first-order valence-electron chi connectivity index (χ1n) is 6.98. The van der Waals surface area contributed by atoms with Crippen molar-refractivity contribution in [1.82, 2.24) is 15.2 Å². The minimum absolute atomic E-state index is 0.317. The summed E-state index contributed by atoms with van der Waals surface area (Å²) in [5.41, 5.74) is 1.69. The van der Waals surface area contributed by atoms with Gasteiger partial charge >= 0.3 is 6.18 Å². The van der Waals surface area contributed by atoms with Crippen molar-refractivity contribution in [3.8, 4) is 11.3 Å². The second kappa shape index (κ2) is 6.31. The molecule has 4 nitrogen and oxygen atoms in total. The molecule has 0 radical (unpaired) electrons. The van der Waals surface area contributed by atoms with Crippen molar-refractivity contribution in [3.05, 3.63) is 65.9 Å². The molecule has 0 aliphatic rings. The van der Waals surface area contributed by atoms with E-state index in [1.165, 1.54) is 24.4 Å². The van der Waals surface area contributed by atoms with Crippen molar-refractivity contribution in [2.45, 2.75) is 12.7 Å². The van der Waals surface area contributed by atoms with E-state index in [0.717, 1.165) is 23.9 Å². The molecule has 0 aliphatic carbocycles. The molecule has 0 amide bonds.